The first-order valence-corrected chi connectivity index (χ1v) is 7.39. The van der Waals surface area contributed by atoms with Crippen LogP contribution < -0.4 is 15.2 Å². The zero-order valence-corrected chi connectivity index (χ0v) is 12.6. The molecule has 0 bridgehead atoms. The number of rotatable bonds is 4. The van der Waals surface area contributed by atoms with Crippen LogP contribution >= 0.6 is 11.8 Å². The molecule has 0 unspecified atom stereocenters. The molecular weight excluding hydrogens is 290 g/mol. The third-order valence-electron chi connectivity index (χ3n) is 3.37. The first kappa shape index (κ1) is 13.8. The fraction of sp³-hybridized carbons (Fsp3) is 0.286. The molecule has 1 aromatic carbocycles. The lowest BCUT2D eigenvalue weighted by atomic mass is 10.1. The molecule has 21 heavy (non-hydrogen) atoms. The largest absolute Gasteiger partial charge is 0.497 e. The van der Waals surface area contributed by atoms with Crippen molar-refractivity contribution in [2.75, 3.05) is 20.0 Å². The Kier molecular flexibility index (Phi) is 3.50. The number of nitrogens with two attached hydrogens (primary N) is 1. The van der Waals surface area contributed by atoms with Gasteiger partial charge in [-0.05, 0) is 18.2 Å². The van der Waals surface area contributed by atoms with Gasteiger partial charge in [-0.1, -0.05) is 11.8 Å². The predicted octanol–water partition coefficient (Wildman–Crippen LogP) is 1.77. The summed E-state index contributed by atoms with van der Waals surface area (Å²) in [4.78, 5) is 16.4. The average molecular weight is 305 g/mol. The van der Waals surface area contributed by atoms with Gasteiger partial charge < -0.3 is 19.8 Å². The van der Waals surface area contributed by atoms with E-state index < -0.39 is 5.91 Å². The van der Waals surface area contributed by atoms with Crippen molar-refractivity contribution in [3.8, 4) is 22.8 Å². The van der Waals surface area contributed by atoms with Gasteiger partial charge in [0.1, 0.15) is 22.9 Å². The molecule has 0 aliphatic carbocycles. The van der Waals surface area contributed by atoms with Crippen LogP contribution in [-0.4, -0.2) is 35.4 Å². The van der Waals surface area contributed by atoms with E-state index in [1.165, 1.54) is 0 Å². The van der Waals surface area contributed by atoms with Crippen molar-refractivity contribution in [2.45, 2.75) is 11.7 Å². The molecule has 0 atom stereocenters. The van der Waals surface area contributed by atoms with Crippen molar-refractivity contribution in [3.63, 3.8) is 0 Å². The lowest BCUT2D eigenvalue weighted by Gasteiger charge is -2.10. The predicted molar refractivity (Wildman–Crippen MR) is 80.0 cm³/mol. The molecule has 6 nitrogen and oxygen atoms in total. The summed E-state index contributed by atoms with van der Waals surface area (Å²) < 4.78 is 12.5. The van der Waals surface area contributed by atoms with Gasteiger partial charge in [-0.15, -0.1) is 0 Å². The Hall–Kier alpha value is -2.15. The molecule has 2 N–H and O–H groups in total. The summed E-state index contributed by atoms with van der Waals surface area (Å²) in [5.41, 5.74) is 7.21. The summed E-state index contributed by atoms with van der Waals surface area (Å²) in [6, 6.07) is 5.38. The van der Waals surface area contributed by atoms with E-state index in [9.17, 15) is 4.79 Å². The van der Waals surface area contributed by atoms with Crippen LogP contribution in [0.15, 0.2) is 23.4 Å². The Morgan fingerprint density at radius 3 is 2.86 bits per heavy atom. The summed E-state index contributed by atoms with van der Waals surface area (Å²) in [7, 11) is 3.16. The standard InChI is InChI=1S/C14H15N3O3S/c1-19-8-3-4-10(20-2)9(7-8)11-12(13(15)18)17-5-6-21-14(17)16-11/h3-4,7H,5-6H2,1-2H3,(H2,15,18). The third kappa shape index (κ3) is 2.23. The SMILES string of the molecule is COc1ccc(OC)c(-c2nc3n(c2C(N)=O)CCS3)c1. The molecule has 0 saturated heterocycles. The summed E-state index contributed by atoms with van der Waals surface area (Å²) >= 11 is 1.61. The number of fused-ring (bicyclic) bond motifs is 1. The zero-order chi connectivity index (χ0) is 15.0. The van der Waals surface area contributed by atoms with E-state index in [0.29, 0.717) is 28.5 Å². The van der Waals surface area contributed by atoms with E-state index in [0.717, 1.165) is 17.5 Å². The Labute approximate surface area is 126 Å². The number of thioether (sulfide) groups is 1. The van der Waals surface area contributed by atoms with Crippen LogP contribution in [0.4, 0.5) is 0 Å². The average Bonchev–Trinajstić information content (AvgIpc) is 3.06. The molecule has 1 amide bonds. The number of ether oxygens (including phenoxy) is 2. The van der Waals surface area contributed by atoms with Crippen LogP contribution in [0, 0.1) is 0 Å². The van der Waals surface area contributed by atoms with E-state index in [4.69, 9.17) is 15.2 Å². The van der Waals surface area contributed by atoms with Crippen LogP contribution in [0.1, 0.15) is 10.5 Å². The molecule has 2 heterocycles. The van der Waals surface area contributed by atoms with Gasteiger partial charge in [0, 0.05) is 17.9 Å². The molecular formula is C14H15N3O3S. The van der Waals surface area contributed by atoms with Crippen molar-refractivity contribution in [2.24, 2.45) is 5.73 Å². The van der Waals surface area contributed by atoms with Crippen molar-refractivity contribution in [3.05, 3.63) is 23.9 Å². The minimum Gasteiger partial charge on any atom is -0.497 e. The summed E-state index contributed by atoms with van der Waals surface area (Å²) in [6.45, 7) is 0.734. The smallest absolute Gasteiger partial charge is 0.267 e. The van der Waals surface area contributed by atoms with E-state index in [1.807, 2.05) is 4.57 Å². The Morgan fingerprint density at radius 2 is 2.19 bits per heavy atom. The minimum absolute atomic E-state index is 0.418. The Balaban J connectivity index is 2.23. The second kappa shape index (κ2) is 5.33. The van der Waals surface area contributed by atoms with Gasteiger partial charge in [-0.3, -0.25) is 4.79 Å². The second-order valence-electron chi connectivity index (χ2n) is 4.52. The molecule has 1 aliphatic rings. The number of amides is 1. The lowest BCUT2D eigenvalue weighted by Crippen LogP contribution is -2.17. The van der Waals surface area contributed by atoms with Crippen molar-refractivity contribution >= 4 is 17.7 Å². The number of carbonyl (C=O) groups excluding carboxylic acids is 1. The molecule has 110 valence electrons. The topological polar surface area (TPSA) is 79.4 Å². The number of carbonyl (C=O) groups is 1. The zero-order valence-electron chi connectivity index (χ0n) is 11.8. The first-order valence-electron chi connectivity index (χ1n) is 6.41. The van der Waals surface area contributed by atoms with Crippen molar-refractivity contribution in [1.29, 1.82) is 0 Å². The molecule has 2 aromatic rings. The Morgan fingerprint density at radius 1 is 1.38 bits per heavy atom. The summed E-state index contributed by atoms with van der Waals surface area (Å²) in [5.74, 6) is 1.70. The van der Waals surface area contributed by atoms with E-state index in [2.05, 4.69) is 4.98 Å². The number of aromatic nitrogens is 2. The number of primary amides is 1. The van der Waals surface area contributed by atoms with Crippen LogP contribution in [-0.2, 0) is 6.54 Å². The number of hydrogen-bond acceptors (Lipinski definition) is 5. The maximum Gasteiger partial charge on any atom is 0.267 e. The quantitative estimate of drug-likeness (QED) is 0.931. The Bertz CT molecular complexity index is 712. The molecule has 0 saturated carbocycles. The van der Waals surface area contributed by atoms with Gasteiger partial charge in [0.25, 0.3) is 5.91 Å². The monoisotopic (exact) mass is 305 g/mol. The fourth-order valence-corrected chi connectivity index (χ4v) is 3.37. The van der Waals surface area contributed by atoms with Crippen molar-refractivity contribution in [1.82, 2.24) is 9.55 Å². The molecule has 0 fully saturated rings. The highest BCUT2D eigenvalue weighted by atomic mass is 32.2. The first-order chi connectivity index (χ1) is 10.2. The second-order valence-corrected chi connectivity index (χ2v) is 5.58. The molecule has 3 rings (SSSR count). The molecule has 1 aliphatic heterocycles. The van der Waals surface area contributed by atoms with Gasteiger partial charge in [-0.25, -0.2) is 4.98 Å². The number of benzene rings is 1. The van der Waals surface area contributed by atoms with Crippen LogP contribution in [0.2, 0.25) is 0 Å². The van der Waals surface area contributed by atoms with Gasteiger partial charge in [0.15, 0.2) is 5.16 Å². The van der Waals surface area contributed by atoms with E-state index >= 15 is 0 Å². The van der Waals surface area contributed by atoms with E-state index in [-0.39, 0.29) is 0 Å². The summed E-state index contributed by atoms with van der Waals surface area (Å²) in [6.07, 6.45) is 0. The highest BCUT2D eigenvalue weighted by Gasteiger charge is 2.27. The number of methoxy groups -OCH3 is 2. The number of imidazole rings is 1. The highest BCUT2D eigenvalue weighted by Crippen LogP contribution is 2.38. The van der Waals surface area contributed by atoms with E-state index in [1.54, 1.807) is 44.2 Å². The minimum atomic E-state index is -0.490. The number of nitrogens with zero attached hydrogens (tertiary/aromatic N) is 2. The van der Waals surface area contributed by atoms with Crippen LogP contribution in [0.25, 0.3) is 11.3 Å². The third-order valence-corrected chi connectivity index (χ3v) is 4.33. The van der Waals surface area contributed by atoms with Crippen molar-refractivity contribution < 1.29 is 14.3 Å². The molecule has 7 heteroatoms. The van der Waals surface area contributed by atoms with Crippen LogP contribution in [0.3, 0.4) is 0 Å². The normalized spacial score (nSPS) is 13.0. The number of hydrogen-bond donors (Lipinski definition) is 1. The maximum atomic E-state index is 11.9. The summed E-state index contributed by atoms with van der Waals surface area (Å²) in [5, 5.41) is 0.809. The fourth-order valence-electron chi connectivity index (χ4n) is 2.41. The van der Waals surface area contributed by atoms with Gasteiger partial charge in [-0.2, -0.15) is 0 Å². The van der Waals surface area contributed by atoms with Gasteiger partial charge >= 0.3 is 0 Å². The highest BCUT2D eigenvalue weighted by molar-refractivity contribution is 7.99. The maximum absolute atomic E-state index is 11.9. The van der Waals surface area contributed by atoms with Gasteiger partial charge in [0.2, 0.25) is 0 Å². The van der Waals surface area contributed by atoms with Crippen LogP contribution in [0.5, 0.6) is 11.5 Å². The lowest BCUT2D eigenvalue weighted by molar-refractivity contribution is 0.0991. The molecule has 0 spiro atoms. The molecule has 0 radical (unpaired) electrons. The van der Waals surface area contributed by atoms with Gasteiger partial charge in [0.05, 0.1) is 14.2 Å². The molecule has 1 aromatic heterocycles.